The normalized spacial score (nSPS) is 11.3. The van der Waals surface area contributed by atoms with Gasteiger partial charge >= 0.3 is 0 Å². The van der Waals surface area contributed by atoms with E-state index in [1.807, 2.05) is 48.1 Å². The van der Waals surface area contributed by atoms with Crippen LogP contribution in [0.4, 0.5) is 0 Å². The first kappa shape index (κ1) is 20.8. The summed E-state index contributed by atoms with van der Waals surface area (Å²) in [6.07, 6.45) is 4.01. The fourth-order valence-corrected chi connectivity index (χ4v) is 2.65. The van der Waals surface area contributed by atoms with Gasteiger partial charge in [-0.05, 0) is 30.9 Å². The first-order valence-electron chi connectivity index (χ1n) is 8.83. The molecule has 2 N–H and O–H groups in total. The van der Waals surface area contributed by atoms with E-state index < -0.39 is 0 Å². The molecule has 1 aromatic carbocycles. The number of nitrogens with one attached hydrogen (secondary N) is 2. The van der Waals surface area contributed by atoms with Gasteiger partial charge in [-0.25, -0.2) is 9.67 Å². The van der Waals surface area contributed by atoms with Crippen LogP contribution in [-0.2, 0) is 11.3 Å². The van der Waals surface area contributed by atoms with Crippen LogP contribution in [0, 0.1) is 6.92 Å². The fourth-order valence-electron chi connectivity index (χ4n) is 2.34. The van der Waals surface area contributed by atoms with Gasteiger partial charge in [-0.1, -0.05) is 18.2 Å². The molecule has 0 fully saturated rings. The number of guanidine groups is 1. The lowest BCUT2D eigenvalue weighted by Gasteiger charge is -2.15. The fraction of sp³-hybridized carbons (Fsp3) is 0.421. The molecule has 0 saturated heterocycles. The molecule has 0 aliphatic rings. The molecule has 1 amide bonds. The Morgan fingerprint density at radius 3 is 2.70 bits per heavy atom. The molecule has 8 heteroatoms. The van der Waals surface area contributed by atoms with Gasteiger partial charge in [-0.3, -0.25) is 4.79 Å². The molecule has 0 atom stereocenters. The molecule has 0 aliphatic heterocycles. The topological polar surface area (TPSA) is 74.5 Å². The van der Waals surface area contributed by atoms with Gasteiger partial charge in [0.25, 0.3) is 0 Å². The van der Waals surface area contributed by atoms with Gasteiger partial charge in [0, 0.05) is 32.6 Å². The molecule has 0 unspecified atom stereocenters. The molecular formula is C19H28N6OS. The molecule has 2 rings (SSSR count). The molecule has 7 nitrogen and oxygen atoms in total. The maximum Gasteiger partial charge on any atom is 0.241 e. The predicted octanol–water partition coefficient (Wildman–Crippen LogP) is 1.67. The standard InChI is InChI=1S/C19H28N6OS/c1-15-9-11-25(23-15)17-8-6-5-7-16(17)13-21-19(20-10-12-27-4)22-14-18(26)24(2)3/h5-9,11H,10,12-14H2,1-4H3,(H2,20,21,22). The number of hydrogen-bond acceptors (Lipinski definition) is 4. The van der Waals surface area contributed by atoms with E-state index in [1.165, 1.54) is 0 Å². The number of aromatic nitrogens is 2. The highest BCUT2D eigenvalue weighted by Gasteiger charge is 2.08. The van der Waals surface area contributed by atoms with Crippen LogP contribution < -0.4 is 10.6 Å². The lowest BCUT2D eigenvalue weighted by molar-refractivity contribution is -0.127. The van der Waals surface area contributed by atoms with E-state index in [4.69, 9.17) is 0 Å². The highest BCUT2D eigenvalue weighted by molar-refractivity contribution is 7.98. The maximum atomic E-state index is 11.9. The van der Waals surface area contributed by atoms with Crippen molar-refractivity contribution in [2.75, 3.05) is 39.2 Å². The SMILES string of the molecule is CSCCNC(=NCc1ccccc1-n1ccc(C)n1)NCC(=O)N(C)C. The van der Waals surface area contributed by atoms with Crippen molar-refractivity contribution in [3.8, 4) is 5.69 Å². The number of thioether (sulfide) groups is 1. The third-order valence-corrected chi connectivity index (χ3v) is 4.49. The van der Waals surface area contributed by atoms with Crippen LogP contribution in [0.15, 0.2) is 41.5 Å². The summed E-state index contributed by atoms with van der Waals surface area (Å²) < 4.78 is 1.87. The van der Waals surface area contributed by atoms with Gasteiger partial charge < -0.3 is 15.5 Å². The van der Waals surface area contributed by atoms with Crippen molar-refractivity contribution < 1.29 is 4.79 Å². The van der Waals surface area contributed by atoms with Gasteiger partial charge in [-0.2, -0.15) is 16.9 Å². The minimum atomic E-state index is 0.00165. The summed E-state index contributed by atoms with van der Waals surface area (Å²) in [5.41, 5.74) is 3.03. The summed E-state index contributed by atoms with van der Waals surface area (Å²) in [7, 11) is 3.48. The Balaban J connectivity index is 2.13. The zero-order valence-electron chi connectivity index (χ0n) is 16.4. The van der Waals surface area contributed by atoms with Crippen molar-refractivity contribution >= 4 is 23.6 Å². The second-order valence-corrected chi connectivity index (χ2v) is 7.24. The Bertz CT molecular complexity index is 771. The van der Waals surface area contributed by atoms with Crippen molar-refractivity contribution in [2.45, 2.75) is 13.5 Å². The highest BCUT2D eigenvalue weighted by atomic mass is 32.2. The van der Waals surface area contributed by atoms with E-state index in [2.05, 4.69) is 27.0 Å². The molecule has 0 saturated carbocycles. The van der Waals surface area contributed by atoms with Crippen molar-refractivity contribution in [2.24, 2.45) is 4.99 Å². The van der Waals surface area contributed by atoms with Crippen molar-refractivity contribution in [1.82, 2.24) is 25.3 Å². The number of para-hydroxylation sites is 1. The first-order valence-corrected chi connectivity index (χ1v) is 10.2. The molecule has 0 spiro atoms. The van der Waals surface area contributed by atoms with E-state index in [0.29, 0.717) is 12.5 Å². The smallest absolute Gasteiger partial charge is 0.241 e. The minimum absolute atomic E-state index is 0.00165. The van der Waals surface area contributed by atoms with Crippen molar-refractivity contribution in [3.63, 3.8) is 0 Å². The largest absolute Gasteiger partial charge is 0.356 e. The molecule has 27 heavy (non-hydrogen) atoms. The van der Waals surface area contributed by atoms with Crippen molar-refractivity contribution in [3.05, 3.63) is 47.8 Å². The average Bonchev–Trinajstić information content (AvgIpc) is 3.09. The van der Waals surface area contributed by atoms with Crippen LogP contribution in [0.2, 0.25) is 0 Å². The summed E-state index contributed by atoms with van der Waals surface area (Å²) in [6.45, 7) is 3.44. The number of aliphatic imine (C=N–C) groups is 1. The third-order valence-electron chi connectivity index (χ3n) is 3.87. The monoisotopic (exact) mass is 388 g/mol. The van der Waals surface area contributed by atoms with Crippen molar-refractivity contribution in [1.29, 1.82) is 0 Å². The molecule has 0 bridgehead atoms. The second kappa shape index (κ2) is 10.6. The van der Waals surface area contributed by atoms with Crippen LogP contribution in [0.1, 0.15) is 11.3 Å². The number of benzene rings is 1. The van der Waals surface area contributed by atoms with Crippen LogP contribution >= 0.6 is 11.8 Å². The zero-order valence-corrected chi connectivity index (χ0v) is 17.2. The number of hydrogen-bond donors (Lipinski definition) is 2. The lowest BCUT2D eigenvalue weighted by Crippen LogP contribution is -2.43. The summed E-state index contributed by atoms with van der Waals surface area (Å²) in [6, 6.07) is 10.0. The van der Waals surface area contributed by atoms with Crippen LogP contribution in [0.3, 0.4) is 0 Å². The highest BCUT2D eigenvalue weighted by Crippen LogP contribution is 2.15. The Labute approximate surface area is 165 Å². The molecule has 1 heterocycles. The summed E-state index contributed by atoms with van der Waals surface area (Å²) in [5.74, 6) is 1.60. The van der Waals surface area contributed by atoms with Crippen LogP contribution in [0.5, 0.6) is 0 Å². The van der Waals surface area contributed by atoms with E-state index in [0.717, 1.165) is 29.2 Å². The molecule has 1 aromatic heterocycles. The third kappa shape index (κ3) is 6.63. The van der Waals surface area contributed by atoms with Gasteiger partial charge in [0.15, 0.2) is 5.96 Å². The number of nitrogens with zero attached hydrogens (tertiary/aromatic N) is 4. The van der Waals surface area contributed by atoms with Gasteiger partial charge in [0.2, 0.25) is 5.91 Å². The van der Waals surface area contributed by atoms with Crippen LogP contribution in [0.25, 0.3) is 5.69 Å². The summed E-state index contributed by atoms with van der Waals surface area (Å²) >= 11 is 1.76. The van der Waals surface area contributed by atoms with Gasteiger partial charge in [0.05, 0.1) is 24.5 Å². The number of amides is 1. The lowest BCUT2D eigenvalue weighted by atomic mass is 10.2. The molecule has 0 aliphatic carbocycles. The van der Waals surface area contributed by atoms with Crippen LogP contribution in [-0.4, -0.2) is 65.7 Å². The quantitative estimate of drug-likeness (QED) is 0.409. The van der Waals surface area contributed by atoms with E-state index >= 15 is 0 Å². The number of rotatable bonds is 8. The summed E-state index contributed by atoms with van der Waals surface area (Å²) in [4.78, 5) is 18.1. The molecular weight excluding hydrogens is 360 g/mol. The Morgan fingerprint density at radius 2 is 2.04 bits per heavy atom. The Morgan fingerprint density at radius 1 is 1.26 bits per heavy atom. The van der Waals surface area contributed by atoms with E-state index in [-0.39, 0.29) is 12.5 Å². The van der Waals surface area contributed by atoms with Gasteiger partial charge in [-0.15, -0.1) is 0 Å². The first-order chi connectivity index (χ1) is 13.0. The molecule has 2 aromatic rings. The summed E-state index contributed by atoms with van der Waals surface area (Å²) in [5, 5.41) is 10.9. The predicted molar refractivity (Wildman–Crippen MR) is 113 cm³/mol. The second-order valence-electron chi connectivity index (χ2n) is 6.26. The number of likely N-dealkylation sites (N-methyl/N-ethyl adjacent to an activating group) is 1. The maximum absolute atomic E-state index is 11.9. The Kier molecular flexibility index (Phi) is 8.19. The minimum Gasteiger partial charge on any atom is -0.356 e. The Hall–Kier alpha value is -2.48. The zero-order chi connectivity index (χ0) is 19.6. The average molecular weight is 389 g/mol. The molecule has 0 radical (unpaired) electrons. The van der Waals surface area contributed by atoms with E-state index in [9.17, 15) is 4.79 Å². The van der Waals surface area contributed by atoms with Gasteiger partial charge in [0.1, 0.15) is 0 Å². The number of carbonyl (C=O) groups is 1. The number of aryl methyl sites for hydroxylation is 1. The number of carbonyl (C=O) groups excluding carboxylic acids is 1. The van der Waals surface area contributed by atoms with E-state index in [1.54, 1.807) is 30.8 Å². The molecule has 146 valence electrons.